The molecule has 1 fully saturated rings. The summed E-state index contributed by atoms with van der Waals surface area (Å²) < 4.78 is 28.1. The van der Waals surface area contributed by atoms with Gasteiger partial charge < -0.3 is 10.5 Å². The van der Waals surface area contributed by atoms with E-state index in [1.165, 1.54) is 33.4 Å². The van der Waals surface area contributed by atoms with Gasteiger partial charge in [-0.05, 0) is 94.0 Å². The Bertz CT molecular complexity index is 887. The molecule has 179 valence electrons. The molecule has 0 aromatic heterocycles. The van der Waals surface area contributed by atoms with Crippen molar-refractivity contribution >= 4 is 19.7 Å². The maximum absolute atomic E-state index is 12.1. The fraction of sp³-hybridized carbons (Fsp3) is 0.520. The van der Waals surface area contributed by atoms with Gasteiger partial charge in [-0.15, -0.1) is 6.04 Å². The molecule has 0 unspecified atom stereocenters. The summed E-state index contributed by atoms with van der Waals surface area (Å²) in [5.74, 6) is 0. The van der Waals surface area contributed by atoms with Gasteiger partial charge in [-0.2, -0.15) is 6.04 Å². The Morgan fingerprint density at radius 2 is 1.16 bits per heavy atom. The van der Waals surface area contributed by atoms with Crippen LogP contribution in [0.3, 0.4) is 0 Å². The molecule has 1 N–H and O–H groups in total. The summed E-state index contributed by atoms with van der Waals surface area (Å²) in [5.41, 5.74) is 17.6. The van der Waals surface area contributed by atoms with E-state index in [0.29, 0.717) is 6.42 Å². The monoisotopic (exact) mass is 565 g/mol. The summed E-state index contributed by atoms with van der Waals surface area (Å²) >= 11 is 1.82. The van der Waals surface area contributed by atoms with Crippen molar-refractivity contribution in [2.45, 2.75) is 91.1 Å². The molecular formula is C25H36ClN2O2RuS. The van der Waals surface area contributed by atoms with Crippen LogP contribution in [0.4, 0.5) is 0 Å². The first kappa shape index (κ1) is 29.3. The summed E-state index contributed by atoms with van der Waals surface area (Å²) in [6.45, 7) is 15.2. The Labute approximate surface area is 209 Å². The molecule has 0 saturated heterocycles. The number of sulfonamides is 1. The summed E-state index contributed by atoms with van der Waals surface area (Å²) in [7, 11) is 0.964. The van der Waals surface area contributed by atoms with Crippen molar-refractivity contribution in [3.63, 3.8) is 0 Å². The summed E-state index contributed by atoms with van der Waals surface area (Å²) in [4.78, 5) is 0.228. The molecule has 2 aromatic carbocycles. The molecule has 0 spiro atoms. The van der Waals surface area contributed by atoms with Gasteiger partial charge in [-0.1, -0.05) is 43.4 Å². The molecule has 4 nitrogen and oxygen atoms in total. The Hall–Kier alpha value is -0.777. The van der Waals surface area contributed by atoms with Gasteiger partial charge in [0.15, 0.2) is 0 Å². The molecule has 0 heterocycles. The molecule has 3 rings (SSSR count). The molecule has 0 radical (unpaired) electrons. The van der Waals surface area contributed by atoms with Crippen LogP contribution in [0.1, 0.15) is 64.6 Å². The Morgan fingerprint density at radius 3 is 1.53 bits per heavy atom. The number of halogens is 1. The second kappa shape index (κ2) is 13.2. The minimum absolute atomic E-state index is 0.228. The number of hydrogen-bond donors (Lipinski definition) is 0. The van der Waals surface area contributed by atoms with Crippen molar-refractivity contribution in [3.8, 4) is 0 Å². The fourth-order valence-electron chi connectivity index (χ4n) is 3.87. The van der Waals surface area contributed by atoms with Gasteiger partial charge in [0, 0.05) is 4.90 Å². The molecular weight excluding hydrogens is 529 g/mol. The van der Waals surface area contributed by atoms with E-state index in [4.69, 9.17) is 5.73 Å². The molecule has 2 atom stereocenters. The topological polar surface area (TPSA) is 72.0 Å². The van der Waals surface area contributed by atoms with Gasteiger partial charge in [0.2, 0.25) is 0 Å². The normalized spacial score (nSPS) is 18.2. The van der Waals surface area contributed by atoms with E-state index in [1.807, 2.05) is 24.2 Å². The van der Waals surface area contributed by atoms with Crippen molar-refractivity contribution in [1.29, 1.82) is 0 Å². The molecule has 1 aliphatic carbocycles. The zero-order valence-corrected chi connectivity index (χ0v) is 23.5. The fourth-order valence-corrected chi connectivity index (χ4v) is 5.08. The summed E-state index contributed by atoms with van der Waals surface area (Å²) in [6, 6.07) is 5.94. The van der Waals surface area contributed by atoms with E-state index in [0.717, 1.165) is 24.8 Å². The van der Waals surface area contributed by atoms with E-state index in [2.05, 4.69) is 56.0 Å². The Balaban J connectivity index is 0.000000318. The average molecular weight is 565 g/mol. The SMILES string of the molecule is Cc1c(C)c(C)c(C)c(C)c1C.Cc1ccc(S(=O)(=O)[N-][C@H]2CCCC[C@@H]2[NH-])cc1.[Cl][Ru+2]. The van der Waals surface area contributed by atoms with Gasteiger partial charge >= 0.3 is 27.0 Å². The minimum atomic E-state index is -3.60. The third-order valence-corrected chi connectivity index (χ3v) is 8.11. The quantitative estimate of drug-likeness (QED) is 0.359. The van der Waals surface area contributed by atoms with Gasteiger partial charge in [-0.25, -0.2) is 8.42 Å². The summed E-state index contributed by atoms with van der Waals surface area (Å²) in [5, 5.41) is 0. The standard InChI is InChI=1S/C13H18N2O2S.C12H18.ClH.Ru/c1-10-6-8-11(9-7-10)18(16,17)15-13-5-3-2-4-12(13)14;1-7-8(2)10(4)12(6)11(5)9(7)3;;/h6-9,12-14H,2-5H2,1H3;1-6H3;1H;/q-2;;;+3/p-1/t12-,13-;;;/m0.../s1. The van der Waals surface area contributed by atoms with Crippen LogP contribution in [-0.2, 0) is 27.3 Å². The van der Waals surface area contributed by atoms with E-state index in [-0.39, 0.29) is 17.0 Å². The van der Waals surface area contributed by atoms with Crippen LogP contribution in [0.25, 0.3) is 10.5 Å². The zero-order valence-electron chi connectivity index (χ0n) is 20.2. The predicted octanol–water partition coefficient (Wildman–Crippen LogP) is 7.64. The average Bonchev–Trinajstić information content (AvgIpc) is 2.78. The van der Waals surface area contributed by atoms with Crippen LogP contribution in [0, 0.1) is 48.5 Å². The second-order valence-electron chi connectivity index (χ2n) is 8.60. The third-order valence-electron chi connectivity index (χ3n) is 6.70. The molecule has 1 saturated carbocycles. The number of nitrogens with one attached hydrogen (secondary N) is 1. The zero-order chi connectivity index (χ0) is 24.6. The summed E-state index contributed by atoms with van der Waals surface area (Å²) in [6.07, 6.45) is 3.43. The number of nitrogens with zero attached hydrogens (tertiary/aromatic N) is 1. The number of benzene rings is 2. The van der Waals surface area contributed by atoms with Crippen LogP contribution in [0.15, 0.2) is 29.2 Å². The van der Waals surface area contributed by atoms with Crippen molar-refractivity contribution in [2.75, 3.05) is 0 Å². The van der Waals surface area contributed by atoms with Crippen LogP contribution >= 0.6 is 9.69 Å². The van der Waals surface area contributed by atoms with E-state index in [9.17, 15) is 8.42 Å². The number of aryl methyl sites for hydroxylation is 1. The van der Waals surface area contributed by atoms with E-state index < -0.39 is 10.0 Å². The van der Waals surface area contributed by atoms with Gasteiger partial charge in [0.05, 0.1) is 0 Å². The molecule has 1 aliphatic rings. The molecule has 32 heavy (non-hydrogen) atoms. The first-order chi connectivity index (χ1) is 15.0. The van der Waals surface area contributed by atoms with Crippen LogP contribution in [0.2, 0.25) is 0 Å². The maximum atomic E-state index is 12.1. The number of rotatable bonds is 3. The molecule has 2 aromatic rings. The second-order valence-corrected chi connectivity index (χ2v) is 10.2. The van der Waals surface area contributed by atoms with Crippen LogP contribution in [-0.4, -0.2) is 20.5 Å². The van der Waals surface area contributed by atoms with Gasteiger partial charge in [0.25, 0.3) is 0 Å². The molecule has 7 heteroatoms. The van der Waals surface area contributed by atoms with Gasteiger partial charge in [-0.3, -0.25) is 0 Å². The first-order valence-corrected chi connectivity index (χ1v) is 14.5. The Morgan fingerprint density at radius 1 is 0.781 bits per heavy atom. The predicted molar refractivity (Wildman–Crippen MR) is 133 cm³/mol. The van der Waals surface area contributed by atoms with E-state index >= 15 is 0 Å². The van der Waals surface area contributed by atoms with Gasteiger partial charge in [0.1, 0.15) is 10.0 Å². The van der Waals surface area contributed by atoms with Crippen molar-refractivity contribution in [1.82, 2.24) is 0 Å². The van der Waals surface area contributed by atoms with Crippen molar-refractivity contribution in [2.24, 2.45) is 0 Å². The van der Waals surface area contributed by atoms with Crippen molar-refractivity contribution < 1.29 is 25.7 Å². The van der Waals surface area contributed by atoms with Crippen LogP contribution < -0.4 is 0 Å². The molecule has 0 bridgehead atoms. The van der Waals surface area contributed by atoms with E-state index in [1.54, 1.807) is 24.3 Å². The molecule has 0 aliphatic heterocycles. The van der Waals surface area contributed by atoms with Crippen molar-refractivity contribution in [3.05, 3.63) is 73.7 Å². The van der Waals surface area contributed by atoms with Crippen LogP contribution in [0.5, 0.6) is 0 Å². The number of hydrogen-bond acceptors (Lipinski definition) is 2. The molecule has 0 amide bonds. The first-order valence-electron chi connectivity index (χ1n) is 10.9. The third kappa shape index (κ3) is 7.63. The Kier molecular flexibility index (Phi) is 12.1.